The first-order chi connectivity index (χ1) is 20.7. The number of fused-ring (bicyclic) bond motifs is 1. The van der Waals surface area contributed by atoms with Gasteiger partial charge in [-0.15, -0.1) is 5.10 Å². The highest BCUT2D eigenvalue weighted by atomic mass is 32.2. The van der Waals surface area contributed by atoms with Gasteiger partial charge in [-0.1, -0.05) is 19.3 Å². The van der Waals surface area contributed by atoms with Crippen molar-refractivity contribution in [2.75, 3.05) is 32.9 Å². The van der Waals surface area contributed by atoms with E-state index in [0.717, 1.165) is 63.6 Å². The molecule has 234 valence electrons. The molecule has 3 heterocycles. The topological polar surface area (TPSA) is 148 Å². The lowest BCUT2D eigenvalue weighted by atomic mass is 9.94. The van der Waals surface area contributed by atoms with Crippen molar-refractivity contribution < 1.29 is 27.7 Å². The number of imidazole rings is 1. The van der Waals surface area contributed by atoms with Crippen LogP contribution in [0, 0.1) is 6.92 Å². The van der Waals surface area contributed by atoms with Gasteiger partial charge in [0.25, 0.3) is 5.56 Å². The largest absolute Gasteiger partial charge is 0.493 e. The predicted octanol–water partition coefficient (Wildman–Crippen LogP) is 3.51. The standard InChI is InChI=1S/C30H41N5O7S/c1-3-40-25-12-11-23(43(38,39)34(15-16-36)18-22-19-41-30(42-22)13-7-4-8-14-30)17-24(25)27-32-29(37)26-20(2)31-28(35(26)33-27)21-9-5-6-10-21/h11-12,17,21-22,36H,3-10,13-16,18-19H2,1-2H3,(H,32,33,37). The molecule has 1 aromatic carbocycles. The number of hydrogen-bond acceptors (Lipinski definition) is 9. The van der Waals surface area contributed by atoms with Gasteiger partial charge in [0.05, 0.1) is 42.1 Å². The molecule has 3 fully saturated rings. The van der Waals surface area contributed by atoms with E-state index in [2.05, 4.69) is 4.98 Å². The number of aliphatic hydroxyl groups excluding tert-OH is 1. The van der Waals surface area contributed by atoms with E-state index in [9.17, 15) is 18.3 Å². The lowest BCUT2D eigenvalue weighted by Crippen LogP contribution is -2.41. The number of hydrogen-bond donors (Lipinski definition) is 2. The van der Waals surface area contributed by atoms with Crippen LogP contribution in [0.2, 0.25) is 0 Å². The van der Waals surface area contributed by atoms with Crippen LogP contribution in [0.5, 0.6) is 5.75 Å². The van der Waals surface area contributed by atoms with Crippen molar-refractivity contribution >= 4 is 15.5 Å². The van der Waals surface area contributed by atoms with Gasteiger partial charge in [0.2, 0.25) is 10.0 Å². The molecule has 1 unspecified atom stereocenters. The number of rotatable bonds is 10. The Hall–Kier alpha value is -2.84. The van der Waals surface area contributed by atoms with Gasteiger partial charge in [-0.2, -0.15) is 4.31 Å². The molecule has 6 rings (SSSR count). The molecule has 2 aliphatic carbocycles. The predicted molar refractivity (Wildman–Crippen MR) is 159 cm³/mol. The Bertz CT molecular complexity index is 1620. The van der Waals surface area contributed by atoms with Crippen LogP contribution in [0.25, 0.3) is 16.9 Å². The molecule has 0 amide bonds. The van der Waals surface area contributed by atoms with E-state index < -0.39 is 21.9 Å². The first kappa shape index (κ1) is 30.2. The molecule has 0 bridgehead atoms. The van der Waals surface area contributed by atoms with E-state index in [-0.39, 0.29) is 41.9 Å². The molecule has 12 nitrogen and oxygen atoms in total. The quantitative estimate of drug-likeness (QED) is 0.350. The van der Waals surface area contributed by atoms with E-state index in [1.807, 2.05) is 6.92 Å². The van der Waals surface area contributed by atoms with E-state index in [1.54, 1.807) is 17.5 Å². The highest BCUT2D eigenvalue weighted by molar-refractivity contribution is 7.89. The lowest BCUT2D eigenvalue weighted by Gasteiger charge is -2.32. The van der Waals surface area contributed by atoms with Gasteiger partial charge >= 0.3 is 0 Å². The molecular weight excluding hydrogens is 574 g/mol. The van der Waals surface area contributed by atoms with Gasteiger partial charge in [-0.05, 0) is 57.7 Å². The third kappa shape index (κ3) is 5.85. The van der Waals surface area contributed by atoms with Crippen LogP contribution in [-0.2, 0) is 19.5 Å². The van der Waals surface area contributed by atoms with Crippen LogP contribution in [0.4, 0.5) is 0 Å². The highest BCUT2D eigenvalue weighted by Gasteiger charge is 2.43. The molecule has 3 aliphatic rings. The molecule has 1 spiro atoms. The molecule has 1 saturated heterocycles. The zero-order chi connectivity index (χ0) is 30.2. The second-order valence-electron chi connectivity index (χ2n) is 11.8. The number of sulfonamides is 1. The summed E-state index contributed by atoms with van der Waals surface area (Å²) >= 11 is 0. The van der Waals surface area contributed by atoms with Crippen LogP contribution in [0.1, 0.15) is 82.1 Å². The minimum atomic E-state index is -4.08. The van der Waals surface area contributed by atoms with Gasteiger partial charge < -0.3 is 24.3 Å². The summed E-state index contributed by atoms with van der Waals surface area (Å²) in [6.07, 6.45) is 8.50. The number of aliphatic hydroxyl groups is 1. The zero-order valence-corrected chi connectivity index (χ0v) is 25.7. The number of ether oxygens (including phenoxy) is 3. The summed E-state index contributed by atoms with van der Waals surface area (Å²) in [5.74, 6) is 0.910. The summed E-state index contributed by atoms with van der Waals surface area (Å²) in [6.45, 7) is 3.86. The van der Waals surface area contributed by atoms with E-state index in [4.69, 9.17) is 24.3 Å². The zero-order valence-electron chi connectivity index (χ0n) is 24.9. The lowest BCUT2D eigenvalue weighted by molar-refractivity contribution is -0.187. The fourth-order valence-corrected chi connectivity index (χ4v) is 8.24. The molecule has 0 radical (unpaired) electrons. The maximum absolute atomic E-state index is 14.0. The molecule has 13 heteroatoms. The number of aryl methyl sites for hydroxylation is 1. The Morgan fingerprint density at radius 1 is 1.19 bits per heavy atom. The van der Waals surface area contributed by atoms with Crippen molar-refractivity contribution in [2.45, 2.75) is 94.3 Å². The summed E-state index contributed by atoms with van der Waals surface area (Å²) in [6, 6.07) is 4.53. The Morgan fingerprint density at radius 3 is 2.67 bits per heavy atom. The highest BCUT2D eigenvalue weighted by Crippen LogP contribution is 2.39. The average Bonchev–Trinajstić information content (AvgIpc) is 3.73. The maximum Gasteiger partial charge on any atom is 0.277 e. The van der Waals surface area contributed by atoms with Crippen LogP contribution < -0.4 is 10.3 Å². The van der Waals surface area contributed by atoms with E-state index >= 15 is 0 Å². The molecule has 3 aromatic rings. The molecular formula is C30H41N5O7S. The van der Waals surface area contributed by atoms with Crippen LogP contribution >= 0.6 is 0 Å². The fourth-order valence-electron chi connectivity index (χ4n) is 6.76. The molecule has 2 aromatic heterocycles. The molecule has 2 N–H and O–H groups in total. The van der Waals surface area contributed by atoms with Gasteiger partial charge in [0.1, 0.15) is 11.6 Å². The van der Waals surface area contributed by atoms with Crippen molar-refractivity contribution in [1.29, 1.82) is 0 Å². The molecule has 2 saturated carbocycles. The number of H-pyrrole nitrogens is 1. The summed E-state index contributed by atoms with van der Waals surface area (Å²) in [7, 11) is -4.08. The van der Waals surface area contributed by atoms with Gasteiger partial charge in [0.15, 0.2) is 17.1 Å². The van der Waals surface area contributed by atoms with Crippen LogP contribution in [0.15, 0.2) is 27.9 Å². The maximum atomic E-state index is 14.0. The summed E-state index contributed by atoms with van der Waals surface area (Å²) < 4.78 is 49.0. The molecule has 43 heavy (non-hydrogen) atoms. The van der Waals surface area contributed by atoms with Gasteiger partial charge in [0, 0.05) is 31.8 Å². The number of aromatic amines is 1. The number of nitrogens with zero attached hydrogens (tertiary/aromatic N) is 4. The van der Waals surface area contributed by atoms with Crippen LogP contribution in [-0.4, -0.2) is 82.2 Å². The minimum Gasteiger partial charge on any atom is -0.493 e. The summed E-state index contributed by atoms with van der Waals surface area (Å²) in [5, 5.41) is 14.6. The molecule has 1 aliphatic heterocycles. The average molecular weight is 616 g/mol. The summed E-state index contributed by atoms with van der Waals surface area (Å²) in [5.41, 5.74) is 0.982. The first-order valence-electron chi connectivity index (χ1n) is 15.4. The van der Waals surface area contributed by atoms with Crippen molar-refractivity contribution in [3.05, 3.63) is 40.1 Å². The Morgan fingerprint density at radius 2 is 1.95 bits per heavy atom. The Kier molecular flexibility index (Phi) is 8.62. The second kappa shape index (κ2) is 12.3. The van der Waals surface area contributed by atoms with Gasteiger partial charge in [-0.3, -0.25) is 4.79 Å². The fraction of sp³-hybridized carbons (Fsp3) is 0.633. The second-order valence-corrected chi connectivity index (χ2v) is 13.7. The monoisotopic (exact) mass is 615 g/mol. The number of nitrogens with one attached hydrogen (secondary N) is 1. The third-order valence-electron chi connectivity index (χ3n) is 8.85. The number of aromatic nitrogens is 4. The SMILES string of the molecule is CCOc1ccc(S(=O)(=O)N(CCO)CC2COC3(CCCCC3)O2)cc1-c1nn2c(C3CCCC3)nc(C)c2c(=O)[nH]1. The van der Waals surface area contributed by atoms with Crippen molar-refractivity contribution in [3.8, 4) is 17.1 Å². The van der Waals surface area contributed by atoms with Crippen molar-refractivity contribution in [1.82, 2.24) is 23.9 Å². The summed E-state index contributed by atoms with van der Waals surface area (Å²) in [4.78, 5) is 20.9. The van der Waals surface area contributed by atoms with Crippen LogP contribution in [0.3, 0.4) is 0 Å². The van der Waals surface area contributed by atoms with Crippen molar-refractivity contribution in [2.24, 2.45) is 0 Å². The Balaban J connectivity index is 1.36. The smallest absolute Gasteiger partial charge is 0.277 e. The number of benzene rings is 1. The minimum absolute atomic E-state index is 0.00808. The first-order valence-corrected chi connectivity index (χ1v) is 16.9. The van der Waals surface area contributed by atoms with Crippen molar-refractivity contribution in [3.63, 3.8) is 0 Å². The molecule has 1 atom stereocenters. The normalized spacial score (nSPS) is 21.0. The van der Waals surface area contributed by atoms with E-state index in [1.165, 1.54) is 16.4 Å². The van der Waals surface area contributed by atoms with Gasteiger partial charge in [-0.25, -0.2) is 17.9 Å². The van der Waals surface area contributed by atoms with E-state index in [0.29, 0.717) is 35.7 Å². The third-order valence-corrected chi connectivity index (χ3v) is 10.7. The Labute approximate surface area is 251 Å².